The molecule has 144 valence electrons. The molecule has 0 heterocycles. The summed E-state index contributed by atoms with van der Waals surface area (Å²) >= 11 is 0. The van der Waals surface area contributed by atoms with E-state index in [-0.39, 0.29) is 12.5 Å². The van der Waals surface area contributed by atoms with Crippen molar-refractivity contribution in [2.24, 2.45) is 5.10 Å². The predicted octanol–water partition coefficient (Wildman–Crippen LogP) is 5.32. The minimum absolute atomic E-state index is 0.0749. The minimum Gasteiger partial charge on any atom is -0.483 e. The summed E-state index contributed by atoms with van der Waals surface area (Å²) in [6, 6.07) is 23.8. The molecule has 0 radical (unpaired) electrons. The van der Waals surface area contributed by atoms with E-state index in [1.54, 1.807) is 0 Å². The van der Waals surface area contributed by atoms with Gasteiger partial charge in [-0.05, 0) is 29.9 Å². The van der Waals surface area contributed by atoms with Crippen LogP contribution >= 0.6 is 0 Å². The molecule has 1 N–H and O–H groups in total. The average molecular weight is 374 g/mol. The second kappa shape index (κ2) is 10.3. The van der Waals surface area contributed by atoms with Gasteiger partial charge in [-0.2, -0.15) is 5.10 Å². The molecule has 0 saturated heterocycles. The molecule has 0 aliphatic rings. The lowest BCUT2D eigenvalue weighted by molar-refractivity contribution is -0.123. The summed E-state index contributed by atoms with van der Waals surface area (Å²) < 4.78 is 5.74. The fourth-order valence-electron chi connectivity index (χ4n) is 3.06. The number of hydrogen-bond donors (Lipinski definition) is 1. The predicted molar refractivity (Wildman–Crippen MR) is 115 cm³/mol. The Morgan fingerprint density at radius 2 is 1.68 bits per heavy atom. The van der Waals surface area contributed by atoms with Gasteiger partial charge < -0.3 is 4.74 Å². The molecule has 3 aromatic carbocycles. The van der Waals surface area contributed by atoms with Gasteiger partial charge in [0.05, 0.1) is 5.71 Å². The number of hydrazone groups is 1. The second-order valence-corrected chi connectivity index (χ2v) is 6.68. The molecule has 0 saturated carbocycles. The third kappa shape index (κ3) is 5.43. The highest BCUT2D eigenvalue weighted by molar-refractivity contribution is 6.01. The van der Waals surface area contributed by atoms with E-state index >= 15 is 0 Å². The molecule has 0 aliphatic heterocycles. The van der Waals surface area contributed by atoms with Crippen LogP contribution in [0.2, 0.25) is 0 Å². The summed E-state index contributed by atoms with van der Waals surface area (Å²) in [5.41, 5.74) is 4.58. The van der Waals surface area contributed by atoms with E-state index in [9.17, 15) is 4.79 Å². The summed E-state index contributed by atoms with van der Waals surface area (Å²) in [6.45, 7) is 2.10. The maximum Gasteiger partial charge on any atom is 0.277 e. The SMILES string of the molecule is CCCCCC(=NNC(=O)COc1cccc2ccccc12)c1ccccc1. The van der Waals surface area contributed by atoms with Crippen molar-refractivity contribution in [2.45, 2.75) is 32.6 Å². The van der Waals surface area contributed by atoms with Gasteiger partial charge in [-0.25, -0.2) is 5.43 Å². The lowest BCUT2D eigenvalue weighted by Crippen LogP contribution is -2.26. The first-order chi connectivity index (χ1) is 13.8. The number of benzene rings is 3. The van der Waals surface area contributed by atoms with Crippen LogP contribution in [0.3, 0.4) is 0 Å². The zero-order chi connectivity index (χ0) is 19.6. The highest BCUT2D eigenvalue weighted by atomic mass is 16.5. The lowest BCUT2D eigenvalue weighted by atomic mass is 10.0. The van der Waals surface area contributed by atoms with Gasteiger partial charge in [0.25, 0.3) is 5.91 Å². The van der Waals surface area contributed by atoms with Crippen LogP contribution in [0.4, 0.5) is 0 Å². The molecule has 0 aliphatic carbocycles. The molecule has 3 rings (SSSR count). The molecule has 4 heteroatoms. The Morgan fingerprint density at radius 3 is 2.50 bits per heavy atom. The molecule has 4 nitrogen and oxygen atoms in total. The van der Waals surface area contributed by atoms with Gasteiger partial charge in [0, 0.05) is 5.39 Å². The third-order valence-corrected chi connectivity index (χ3v) is 4.55. The molecule has 1 amide bonds. The topological polar surface area (TPSA) is 50.7 Å². The van der Waals surface area contributed by atoms with Gasteiger partial charge in [-0.3, -0.25) is 4.79 Å². The van der Waals surface area contributed by atoms with Crippen LogP contribution in [0.5, 0.6) is 5.75 Å². The fraction of sp³-hybridized carbons (Fsp3) is 0.250. The maximum atomic E-state index is 12.3. The van der Waals surface area contributed by atoms with E-state index in [1.165, 1.54) is 0 Å². The van der Waals surface area contributed by atoms with Crippen molar-refractivity contribution in [1.82, 2.24) is 5.43 Å². The van der Waals surface area contributed by atoms with Crippen LogP contribution in [0, 0.1) is 0 Å². The van der Waals surface area contributed by atoms with E-state index < -0.39 is 0 Å². The Labute approximate surface area is 166 Å². The Balaban J connectivity index is 1.63. The van der Waals surface area contributed by atoms with Crippen LogP contribution in [-0.2, 0) is 4.79 Å². The monoisotopic (exact) mass is 374 g/mol. The molecular formula is C24H26N2O2. The summed E-state index contributed by atoms with van der Waals surface area (Å²) in [4.78, 5) is 12.3. The third-order valence-electron chi connectivity index (χ3n) is 4.55. The Morgan fingerprint density at radius 1 is 0.929 bits per heavy atom. The van der Waals surface area contributed by atoms with Crippen molar-refractivity contribution >= 4 is 22.4 Å². The number of nitrogens with one attached hydrogen (secondary N) is 1. The van der Waals surface area contributed by atoms with Crippen LogP contribution in [0.1, 0.15) is 38.2 Å². The maximum absolute atomic E-state index is 12.3. The van der Waals surface area contributed by atoms with E-state index in [2.05, 4.69) is 17.5 Å². The number of carbonyl (C=O) groups is 1. The van der Waals surface area contributed by atoms with Crippen molar-refractivity contribution in [2.75, 3.05) is 6.61 Å². The van der Waals surface area contributed by atoms with Crippen molar-refractivity contribution in [3.63, 3.8) is 0 Å². The molecule has 28 heavy (non-hydrogen) atoms. The molecule has 3 aromatic rings. The number of carbonyl (C=O) groups excluding carboxylic acids is 1. The Kier molecular flexibility index (Phi) is 7.19. The zero-order valence-electron chi connectivity index (χ0n) is 16.2. The molecule has 0 spiro atoms. The highest BCUT2D eigenvalue weighted by Gasteiger charge is 2.07. The summed E-state index contributed by atoms with van der Waals surface area (Å²) in [5.74, 6) is 0.431. The van der Waals surface area contributed by atoms with Crippen molar-refractivity contribution in [3.8, 4) is 5.75 Å². The molecule has 0 bridgehead atoms. The van der Waals surface area contributed by atoms with Crippen molar-refractivity contribution in [1.29, 1.82) is 0 Å². The number of amides is 1. The second-order valence-electron chi connectivity index (χ2n) is 6.68. The first kappa shape index (κ1) is 19.6. The highest BCUT2D eigenvalue weighted by Crippen LogP contribution is 2.24. The average Bonchev–Trinajstić information content (AvgIpc) is 2.75. The van der Waals surface area contributed by atoms with Gasteiger partial charge in [0.15, 0.2) is 6.61 Å². The van der Waals surface area contributed by atoms with E-state index in [0.717, 1.165) is 47.7 Å². The fourth-order valence-corrected chi connectivity index (χ4v) is 3.06. The van der Waals surface area contributed by atoms with Gasteiger partial charge in [-0.15, -0.1) is 0 Å². The van der Waals surface area contributed by atoms with Gasteiger partial charge >= 0.3 is 0 Å². The van der Waals surface area contributed by atoms with Crippen LogP contribution in [0.25, 0.3) is 10.8 Å². The van der Waals surface area contributed by atoms with Gasteiger partial charge in [-0.1, -0.05) is 86.5 Å². The van der Waals surface area contributed by atoms with E-state index in [1.807, 2.05) is 72.8 Å². The van der Waals surface area contributed by atoms with Crippen molar-refractivity contribution < 1.29 is 9.53 Å². The van der Waals surface area contributed by atoms with Crippen molar-refractivity contribution in [3.05, 3.63) is 78.4 Å². The number of rotatable bonds is 9. The van der Waals surface area contributed by atoms with Crippen LogP contribution < -0.4 is 10.2 Å². The van der Waals surface area contributed by atoms with Gasteiger partial charge in [0.1, 0.15) is 5.75 Å². The summed E-state index contributed by atoms with van der Waals surface area (Å²) in [6.07, 6.45) is 4.17. The normalized spacial score (nSPS) is 11.4. The smallest absolute Gasteiger partial charge is 0.277 e. The number of hydrogen-bond acceptors (Lipinski definition) is 3. The number of ether oxygens (including phenoxy) is 1. The number of unbranched alkanes of at least 4 members (excludes halogenated alkanes) is 2. The number of fused-ring (bicyclic) bond motifs is 1. The van der Waals surface area contributed by atoms with Crippen LogP contribution in [0.15, 0.2) is 77.9 Å². The molecule has 0 aromatic heterocycles. The first-order valence-corrected chi connectivity index (χ1v) is 9.79. The van der Waals surface area contributed by atoms with E-state index in [0.29, 0.717) is 5.75 Å². The lowest BCUT2D eigenvalue weighted by Gasteiger charge is -2.10. The number of nitrogens with zero attached hydrogens (tertiary/aromatic N) is 1. The summed E-state index contributed by atoms with van der Waals surface area (Å²) in [7, 11) is 0. The zero-order valence-corrected chi connectivity index (χ0v) is 16.2. The minimum atomic E-state index is -0.267. The Bertz CT molecular complexity index is 930. The largest absolute Gasteiger partial charge is 0.483 e. The van der Waals surface area contributed by atoms with Gasteiger partial charge in [0.2, 0.25) is 0 Å². The van der Waals surface area contributed by atoms with Crippen LogP contribution in [-0.4, -0.2) is 18.2 Å². The Hall–Kier alpha value is -3.14. The molecule has 0 atom stereocenters. The molecule has 0 unspecified atom stereocenters. The van der Waals surface area contributed by atoms with E-state index in [4.69, 9.17) is 4.74 Å². The standard InChI is InChI=1S/C24H26N2O2/c1-2-3-5-16-22(20-12-6-4-7-13-20)25-26-24(27)18-28-23-17-10-14-19-11-8-9-15-21(19)23/h4,6-15,17H,2-3,5,16,18H2,1H3,(H,26,27). The quantitative estimate of drug-likeness (QED) is 0.313. The molecule has 0 fully saturated rings. The summed E-state index contributed by atoms with van der Waals surface area (Å²) in [5, 5.41) is 6.45. The molecular weight excluding hydrogens is 348 g/mol. The first-order valence-electron chi connectivity index (χ1n) is 9.79.